The van der Waals surface area contributed by atoms with Gasteiger partial charge in [0.15, 0.2) is 0 Å². The Balaban J connectivity index is 3.30. The van der Waals surface area contributed by atoms with Crippen LogP contribution in [0.4, 0.5) is 8.78 Å². The van der Waals surface area contributed by atoms with Gasteiger partial charge >= 0.3 is 0 Å². The van der Waals surface area contributed by atoms with Crippen molar-refractivity contribution >= 4 is 0 Å². The molecule has 3 nitrogen and oxygen atoms in total. The molecule has 0 atom stereocenters. The van der Waals surface area contributed by atoms with Gasteiger partial charge in [-0.2, -0.15) is 5.26 Å². The molecule has 0 unspecified atom stereocenters. The Morgan fingerprint density at radius 3 is 2.31 bits per heavy atom. The Labute approximate surface area is 92.2 Å². The Kier molecular flexibility index (Phi) is 4.06. The van der Waals surface area contributed by atoms with Gasteiger partial charge in [0.05, 0.1) is 32.3 Å². The van der Waals surface area contributed by atoms with Crippen LogP contribution in [0.15, 0.2) is 12.1 Å². The summed E-state index contributed by atoms with van der Waals surface area (Å²) < 4.78 is 35.2. The number of nitriles is 1. The minimum absolute atomic E-state index is 0.0207. The van der Waals surface area contributed by atoms with Crippen molar-refractivity contribution in [2.45, 2.75) is 12.8 Å². The molecule has 16 heavy (non-hydrogen) atoms. The van der Waals surface area contributed by atoms with Gasteiger partial charge in [0, 0.05) is 11.6 Å². The molecular formula is C11H11F2NO2. The van der Waals surface area contributed by atoms with Gasteiger partial charge in [-0.05, 0) is 6.07 Å². The van der Waals surface area contributed by atoms with Crippen molar-refractivity contribution in [2.24, 2.45) is 0 Å². The smallest absolute Gasteiger partial charge is 0.267 e. The number of nitrogens with zero attached hydrogens (tertiary/aromatic N) is 1. The maximum absolute atomic E-state index is 12.7. The summed E-state index contributed by atoms with van der Waals surface area (Å²) in [6.45, 7) is 0. The van der Waals surface area contributed by atoms with Gasteiger partial charge in [-0.3, -0.25) is 0 Å². The lowest BCUT2D eigenvalue weighted by molar-refractivity contribution is 0.147. The normalized spacial score (nSPS) is 10.0. The molecule has 1 aromatic rings. The molecule has 0 saturated heterocycles. The zero-order valence-corrected chi connectivity index (χ0v) is 8.96. The SMILES string of the molecule is COc1cc(OC)c(C(F)F)cc1CC#N. The van der Waals surface area contributed by atoms with E-state index < -0.39 is 6.43 Å². The fourth-order valence-electron chi connectivity index (χ4n) is 1.39. The summed E-state index contributed by atoms with van der Waals surface area (Å²) in [6.07, 6.45) is -2.62. The predicted octanol–water partition coefficient (Wildman–Crippen LogP) is 2.71. The predicted molar refractivity (Wildman–Crippen MR) is 53.8 cm³/mol. The minimum atomic E-state index is -2.64. The molecule has 0 bridgehead atoms. The second-order valence-electron chi connectivity index (χ2n) is 3.04. The number of alkyl halides is 2. The molecule has 0 spiro atoms. The summed E-state index contributed by atoms with van der Waals surface area (Å²) in [7, 11) is 2.72. The molecule has 1 rings (SSSR count). The monoisotopic (exact) mass is 227 g/mol. The van der Waals surface area contributed by atoms with E-state index in [1.807, 2.05) is 6.07 Å². The van der Waals surface area contributed by atoms with Crippen LogP contribution < -0.4 is 9.47 Å². The van der Waals surface area contributed by atoms with Crippen LogP contribution in [0.3, 0.4) is 0 Å². The topological polar surface area (TPSA) is 42.2 Å². The van der Waals surface area contributed by atoms with Crippen LogP contribution in [0, 0.1) is 11.3 Å². The molecule has 0 aromatic heterocycles. The summed E-state index contributed by atoms with van der Waals surface area (Å²) >= 11 is 0. The number of halogens is 2. The van der Waals surface area contributed by atoms with Gasteiger partial charge in [-0.15, -0.1) is 0 Å². The van der Waals surface area contributed by atoms with E-state index in [0.717, 1.165) is 0 Å². The minimum Gasteiger partial charge on any atom is -0.496 e. The van der Waals surface area contributed by atoms with E-state index in [-0.39, 0.29) is 17.7 Å². The highest BCUT2D eigenvalue weighted by atomic mass is 19.3. The number of methoxy groups -OCH3 is 2. The maximum Gasteiger partial charge on any atom is 0.267 e. The lowest BCUT2D eigenvalue weighted by Gasteiger charge is -2.12. The van der Waals surface area contributed by atoms with Gasteiger partial charge in [0.1, 0.15) is 11.5 Å². The number of hydrogen-bond donors (Lipinski definition) is 0. The highest BCUT2D eigenvalue weighted by Crippen LogP contribution is 2.35. The fourth-order valence-corrected chi connectivity index (χ4v) is 1.39. The van der Waals surface area contributed by atoms with Gasteiger partial charge in [-0.25, -0.2) is 8.78 Å². The van der Waals surface area contributed by atoms with E-state index >= 15 is 0 Å². The van der Waals surface area contributed by atoms with Crippen LogP contribution in [0.2, 0.25) is 0 Å². The van der Waals surface area contributed by atoms with Gasteiger partial charge in [-0.1, -0.05) is 0 Å². The van der Waals surface area contributed by atoms with Crippen molar-refractivity contribution in [3.05, 3.63) is 23.3 Å². The largest absolute Gasteiger partial charge is 0.496 e. The second kappa shape index (κ2) is 5.31. The lowest BCUT2D eigenvalue weighted by Crippen LogP contribution is -1.98. The third-order valence-corrected chi connectivity index (χ3v) is 2.14. The molecule has 5 heteroatoms. The van der Waals surface area contributed by atoms with Gasteiger partial charge < -0.3 is 9.47 Å². The van der Waals surface area contributed by atoms with E-state index in [9.17, 15) is 8.78 Å². The Morgan fingerprint density at radius 1 is 1.25 bits per heavy atom. The Morgan fingerprint density at radius 2 is 1.88 bits per heavy atom. The first-order chi connectivity index (χ1) is 7.63. The molecule has 1 aromatic carbocycles. The number of rotatable bonds is 4. The standard InChI is InChI=1S/C11H11F2NO2/c1-15-9-6-10(16-2)8(11(12)13)5-7(9)3-4-14/h5-6,11H,3H2,1-2H3. The number of ether oxygens (including phenoxy) is 2. The van der Waals surface area contributed by atoms with Crippen molar-refractivity contribution in [1.82, 2.24) is 0 Å². The summed E-state index contributed by atoms with van der Waals surface area (Å²) in [6, 6.07) is 4.51. The van der Waals surface area contributed by atoms with Gasteiger partial charge in [0.25, 0.3) is 6.43 Å². The summed E-state index contributed by atoms with van der Waals surface area (Å²) in [5.74, 6) is 0.441. The third kappa shape index (κ3) is 2.40. The first-order valence-corrected chi connectivity index (χ1v) is 4.54. The molecule has 0 saturated carbocycles. The van der Waals surface area contributed by atoms with Crippen LogP contribution in [0.5, 0.6) is 11.5 Å². The van der Waals surface area contributed by atoms with Crippen LogP contribution in [-0.4, -0.2) is 14.2 Å². The average molecular weight is 227 g/mol. The molecule has 0 aliphatic rings. The molecule has 0 N–H and O–H groups in total. The highest BCUT2D eigenvalue weighted by Gasteiger charge is 2.17. The van der Waals surface area contributed by atoms with Crippen LogP contribution in [0.1, 0.15) is 17.6 Å². The summed E-state index contributed by atoms with van der Waals surface area (Å²) in [5, 5.41) is 8.57. The zero-order valence-electron chi connectivity index (χ0n) is 8.96. The van der Waals surface area contributed by atoms with Crippen molar-refractivity contribution in [1.29, 1.82) is 5.26 Å². The van der Waals surface area contributed by atoms with Crippen LogP contribution >= 0.6 is 0 Å². The van der Waals surface area contributed by atoms with E-state index in [1.54, 1.807) is 0 Å². The zero-order chi connectivity index (χ0) is 12.1. The summed E-state index contributed by atoms with van der Waals surface area (Å²) in [4.78, 5) is 0. The molecule has 0 fully saturated rings. The molecule has 0 amide bonds. The molecule has 0 aliphatic carbocycles. The fraction of sp³-hybridized carbons (Fsp3) is 0.364. The molecule has 0 heterocycles. The molecule has 0 aliphatic heterocycles. The van der Waals surface area contributed by atoms with Crippen molar-refractivity contribution < 1.29 is 18.3 Å². The highest BCUT2D eigenvalue weighted by molar-refractivity contribution is 5.48. The first kappa shape index (κ1) is 12.2. The first-order valence-electron chi connectivity index (χ1n) is 4.54. The van der Waals surface area contributed by atoms with Crippen molar-refractivity contribution in [2.75, 3.05) is 14.2 Å². The summed E-state index contributed by atoms with van der Waals surface area (Å²) in [5.41, 5.74) is 0.203. The van der Waals surface area contributed by atoms with E-state index in [0.29, 0.717) is 11.3 Å². The third-order valence-electron chi connectivity index (χ3n) is 2.14. The van der Waals surface area contributed by atoms with E-state index in [4.69, 9.17) is 14.7 Å². The molecule has 0 radical (unpaired) electrons. The lowest BCUT2D eigenvalue weighted by atomic mass is 10.1. The van der Waals surface area contributed by atoms with Crippen molar-refractivity contribution in [3.8, 4) is 17.6 Å². The number of benzene rings is 1. The maximum atomic E-state index is 12.7. The second-order valence-corrected chi connectivity index (χ2v) is 3.04. The Bertz CT molecular complexity index is 413. The van der Waals surface area contributed by atoms with Crippen LogP contribution in [-0.2, 0) is 6.42 Å². The quantitative estimate of drug-likeness (QED) is 0.794. The molecule has 86 valence electrons. The average Bonchev–Trinajstić information content (AvgIpc) is 2.28. The van der Waals surface area contributed by atoms with Gasteiger partial charge in [0.2, 0.25) is 0 Å². The van der Waals surface area contributed by atoms with Crippen LogP contribution in [0.25, 0.3) is 0 Å². The van der Waals surface area contributed by atoms with E-state index in [1.165, 1.54) is 26.4 Å². The molecular weight excluding hydrogens is 216 g/mol. The van der Waals surface area contributed by atoms with Crippen molar-refractivity contribution in [3.63, 3.8) is 0 Å². The number of hydrogen-bond acceptors (Lipinski definition) is 3. The van der Waals surface area contributed by atoms with E-state index in [2.05, 4.69) is 0 Å². The Hall–Kier alpha value is -1.83.